The van der Waals surface area contributed by atoms with Crippen molar-refractivity contribution in [3.63, 3.8) is 0 Å². The first-order chi connectivity index (χ1) is 15.3. The molecular weight excluding hydrogens is 413 g/mol. The highest BCUT2D eigenvalue weighted by Crippen LogP contribution is 2.24. The fraction of sp³-hybridized carbons (Fsp3) is 0.609. The smallest absolute Gasteiger partial charge is 0.290 e. The van der Waals surface area contributed by atoms with E-state index >= 15 is 0 Å². The molecule has 0 spiro atoms. The number of hydrogen-bond acceptors (Lipinski definition) is 5. The number of hydrogen-bond donors (Lipinski definition) is 2. The number of aryl methyl sites for hydroxylation is 1. The van der Waals surface area contributed by atoms with Crippen LogP contribution in [0.1, 0.15) is 43.7 Å². The lowest BCUT2D eigenvalue weighted by Gasteiger charge is -2.38. The first kappa shape index (κ1) is 24.1. The van der Waals surface area contributed by atoms with Crippen LogP contribution >= 0.6 is 0 Å². The summed E-state index contributed by atoms with van der Waals surface area (Å²) in [6.45, 7) is 6.73. The standard InChI is InChI=1S/C23H34FN5O3/c1-15(2)14-29(17-11-16(21(25)30)12-26-13-17)23(31)22-27-19-8-6-7-18(24)20(19)28(22)9-4-5-10-32-3/h6-8,15-17,26H,4-5,9-14H2,1-3H3,(H2,25,30)/t16?,17-/m0/s1. The molecule has 3 rings (SSSR count). The first-order valence-electron chi connectivity index (χ1n) is 11.3. The molecule has 176 valence electrons. The van der Waals surface area contributed by atoms with E-state index in [-0.39, 0.29) is 35.5 Å². The Kier molecular flexibility index (Phi) is 8.20. The number of nitrogens with two attached hydrogens (primary N) is 1. The molecular formula is C23H34FN5O3. The maximum absolute atomic E-state index is 14.7. The Bertz CT molecular complexity index is 945. The maximum Gasteiger partial charge on any atom is 0.290 e. The van der Waals surface area contributed by atoms with Crippen LogP contribution in [0.4, 0.5) is 4.39 Å². The fourth-order valence-corrected chi connectivity index (χ4v) is 4.33. The van der Waals surface area contributed by atoms with Gasteiger partial charge in [0.25, 0.3) is 5.91 Å². The lowest BCUT2D eigenvalue weighted by molar-refractivity contribution is -0.122. The van der Waals surface area contributed by atoms with Crippen LogP contribution in [0.25, 0.3) is 11.0 Å². The van der Waals surface area contributed by atoms with Gasteiger partial charge in [0.2, 0.25) is 5.91 Å². The van der Waals surface area contributed by atoms with E-state index in [1.54, 1.807) is 28.7 Å². The lowest BCUT2D eigenvalue weighted by atomic mass is 9.93. The minimum Gasteiger partial charge on any atom is -0.385 e. The quantitative estimate of drug-likeness (QED) is 0.544. The second-order valence-electron chi connectivity index (χ2n) is 8.89. The number of amides is 2. The van der Waals surface area contributed by atoms with Crippen molar-refractivity contribution in [2.75, 3.05) is 33.4 Å². The summed E-state index contributed by atoms with van der Waals surface area (Å²) in [5.41, 5.74) is 6.34. The van der Waals surface area contributed by atoms with Gasteiger partial charge in [-0.15, -0.1) is 0 Å². The molecule has 2 aromatic rings. The summed E-state index contributed by atoms with van der Waals surface area (Å²) in [4.78, 5) is 31.9. The summed E-state index contributed by atoms with van der Waals surface area (Å²) in [5, 5.41) is 3.23. The molecule has 8 nitrogen and oxygen atoms in total. The highest BCUT2D eigenvalue weighted by atomic mass is 19.1. The molecule has 1 aromatic heterocycles. The Morgan fingerprint density at radius 1 is 1.34 bits per heavy atom. The normalized spacial score (nSPS) is 18.9. The van der Waals surface area contributed by atoms with Crippen molar-refractivity contribution in [1.29, 1.82) is 0 Å². The SMILES string of the molecule is COCCCCn1c(C(=O)N(CC(C)C)[C@@H]2CNCC(C(N)=O)C2)nc2cccc(F)c21. The average Bonchev–Trinajstić information content (AvgIpc) is 3.14. The number of carbonyl (C=O) groups is 2. The molecule has 32 heavy (non-hydrogen) atoms. The second-order valence-corrected chi connectivity index (χ2v) is 8.89. The van der Waals surface area contributed by atoms with Crippen molar-refractivity contribution in [2.45, 2.75) is 45.7 Å². The molecule has 0 aliphatic carbocycles. The fourth-order valence-electron chi connectivity index (χ4n) is 4.33. The van der Waals surface area contributed by atoms with Crippen LogP contribution < -0.4 is 11.1 Å². The summed E-state index contributed by atoms with van der Waals surface area (Å²) < 4.78 is 21.5. The van der Waals surface area contributed by atoms with Crippen LogP contribution in [-0.2, 0) is 16.1 Å². The molecule has 1 fully saturated rings. The molecule has 1 aliphatic heterocycles. The molecule has 1 aromatic carbocycles. The van der Waals surface area contributed by atoms with Crippen LogP contribution in [0, 0.1) is 17.7 Å². The largest absolute Gasteiger partial charge is 0.385 e. The molecule has 2 atom stereocenters. The Morgan fingerprint density at radius 3 is 2.81 bits per heavy atom. The van der Waals surface area contributed by atoms with E-state index in [9.17, 15) is 14.0 Å². The molecule has 1 unspecified atom stereocenters. The maximum atomic E-state index is 14.7. The van der Waals surface area contributed by atoms with Crippen LogP contribution in [0.5, 0.6) is 0 Å². The number of ether oxygens (including phenoxy) is 1. The number of benzene rings is 1. The molecule has 0 saturated carbocycles. The highest BCUT2D eigenvalue weighted by Gasteiger charge is 2.34. The number of piperidine rings is 1. The molecule has 3 N–H and O–H groups in total. The summed E-state index contributed by atoms with van der Waals surface area (Å²) >= 11 is 0. The number of aromatic nitrogens is 2. The monoisotopic (exact) mass is 447 g/mol. The zero-order chi connectivity index (χ0) is 23.3. The van der Waals surface area contributed by atoms with Crippen LogP contribution in [0.15, 0.2) is 18.2 Å². The third-order valence-corrected chi connectivity index (χ3v) is 5.88. The predicted molar refractivity (Wildman–Crippen MR) is 121 cm³/mol. The van der Waals surface area contributed by atoms with E-state index in [0.717, 1.165) is 12.8 Å². The molecule has 2 heterocycles. The molecule has 0 bridgehead atoms. The second kappa shape index (κ2) is 10.9. The van der Waals surface area contributed by atoms with Gasteiger partial charge in [0.05, 0.1) is 11.4 Å². The molecule has 1 aliphatic rings. The number of fused-ring (bicyclic) bond motifs is 1. The number of methoxy groups -OCH3 is 1. The predicted octanol–water partition coefficient (Wildman–Crippen LogP) is 2.16. The Balaban J connectivity index is 1.97. The van der Waals surface area contributed by atoms with Crippen LogP contribution in [-0.4, -0.2) is 65.7 Å². The molecule has 1 saturated heterocycles. The number of halogens is 1. The van der Waals surface area contributed by atoms with Gasteiger partial charge in [-0.25, -0.2) is 9.37 Å². The van der Waals surface area contributed by atoms with E-state index in [1.165, 1.54) is 6.07 Å². The van der Waals surface area contributed by atoms with Gasteiger partial charge in [0.1, 0.15) is 11.3 Å². The number of imidazole rings is 1. The summed E-state index contributed by atoms with van der Waals surface area (Å²) in [5.74, 6) is -0.913. The van der Waals surface area contributed by atoms with Gasteiger partial charge in [-0.2, -0.15) is 0 Å². The third-order valence-electron chi connectivity index (χ3n) is 5.88. The van der Waals surface area contributed by atoms with Crippen molar-refractivity contribution >= 4 is 22.8 Å². The van der Waals surface area contributed by atoms with Crippen molar-refractivity contribution in [3.05, 3.63) is 29.8 Å². The van der Waals surface area contributed by atoms with Gasteiger partial charge in [-0.3, -0.25) is 9.59 Å². The minimum absolute atomic E-state index is 0.192. The van der Waals surface area contributed by atoms with Gasteiger partial charge < -0.3 is 25.3 Å². The first-order valence-corrected chi connectivity index (χ1v) is 11.3. The number of carbonyl (C=O) groups excluding carboxylic acids is 2. The van der Waals surface area contributed by atoms with E-state index in [2.05, 4.69) is 10.3 Å². The number of para-hydroxylation sites is 1. The zero-order valence-corrected chi connectivity index (χ0v) is 19.1. The number of rotatable bonds is 10. The number of primary amides is 1. The van der Waals surface area contributed by atoms with Crippen molar-refractivity contribution < 1.29 is 18.7 Å². The molecule has 2 amide bonds. The summed E-state index contributed by atoms with van der Waals surface area (Å²) in [6.07, 6.45) is 2.02. The Labute approximate surface area is 188 Å². The molecule has 0 radical (unpaired) electrons. The van der Waals surface area contributed by atoms with E-state index in [1.807, 2.05) is 13.8 Å². The lowest BCUT2D eigenvalue weighted by Crippen LogP contribution is -2.54. The van der Waals surface area contributed by atoms with Crippen molar-refractivity contribution in [3.8, 4) is 0 Å². The number of unbranched alkanes of at least 4 members (excludes halogenated alkanes) is 1. The summed E-state index contributed by atoms with van der Waals surface area (Å²) in [6, 6.07) is 4.52. The topological polar surface area (TPSA) is 102 Å². The van der Waals surface area contributed by atoms with E-state index in [0.29, 0.717) is 50.2 Å². The minimum atomic E-state index is -0.399. The van der Waals surface area contributed by atoms with Gasteiger partial charge in [0, 0.05) is 45.9 Å². The number of nitrogens with one attached hydrogen (secondary N) is 1. The van der Waals surface area contributed by atoms with Crippen molar-refractivity contribution in [2.24, 2.45) is 17.6 Å². The van der Waals surface area contributed by atoms with E-state index in [4.69, 9.17) is 10.5 Å². The average molecular weight is 448 g/mol. The van der Waals surface area contributed by atoms with E-state index < -0.39 is 5.82 Å². The zero-order valence-electron chi connectivity index (χ0n) is 19.1. The highest BCUT2D eigenvalue weighted by molar-refractivity contribution is 5.95. The van der Waals surface area contributed by atoms with Crippen LogP contribution in [0.3, 0.4) is 0 Å². The molecule has 9 heteroatoms. The van der Waals surface area contributed by atoms with Gasteiger partial charge in [-0.05, 0) is 37.3 Å². The number of nitrogens with zero attached hydrogens (tertiary/aromatic N) is 3. The van der Waals surface area contributed by atoms with Gasteiger partial charge >= 0.3 is 0 Å². The Hall–Kier alpha value is -2.52. The van der Waals surface area contributed by atoms with Gasteiger partial charge in [-0.1, -0.05) is 19.9 Å². The Morgan fingerprint density at radius 2 is 2.12 bits per heavy atom. The van der Waals surface area contributed by atoms with Crippen LogP contribution in [0.2, 0.25) is 0 Å². The van der Waals surface area contributed by atoms with Crippen molar-refractivity contribution in [1.82, 2.24) is 19.8 Å². The summed E-state index contributed by atoms with van der Waals surface area (Å²) in [7, 11) is 1.64. The van der Waals surface area contributed by atoms with Gasteiger partial charge in [0.15, 0.2) is 5.82 Å². The third kappa shape index (κ3) is 5.45.